The number of benzene rings is 2. The van der Waals surface area contributed by atoms with E-state index in [0.717, 1.165) is 46.7 Å². The number of ether oxygens (including phenoxy) is 4. The number of methoxy groups -OCH3 is 2. The van der Waals surface area contributed by atoms with E-state index in [9.17, 15) is 0 Å². The average Bonchev–Trinajstić information content (AvgIpc) is 3.23. The lowest BCUT2D eigenvalue weighted by Gasteiger charge is -2.17. The van der Waals surface area contributed by atoms with Crippen LogP contribution in [0.15, 0.2) is 36.5 Å². The van der Waals surface area contributed by atoms with Crippen molar-refractivity contribution in [3.8, 4) is 34.3 Å². The van der Waals surface area contributed by atoms with Crippen molar-refractivity contribution in [2.24, 2.45) is 0 Å². The zero-order chi connectivity index (χ0) is 21.3. The van der Waals surface area contributed by atoms with Crippen LogP contribution in [0.1, 0.15) is 5.56 Å². The fraction of sp³-hybridized carbons (Fsp3) is 0.250. The highest BCUT2D eigenvalue weighted by Gasteiger charge is 2.28. The number of hydrogen-bond donors (Lipinski definition) is 1. The van der Waals surface area contributed by atoms with Crippen LogP contribution in [0.25, 0.3) is 22.0 Å². The van der Waals surface area contributed by atoms with Gasteiger partial charge < -0.3 is 28.5 Å². The largest absolute Gasteiger partial charge is 0.707 e. The molecule has 10 heteroatoms. The molecule has 9 nitrogen and oxygen atoms in total. The van der Waals surface area contributed by atoms with Gasteiger partial charge in [-0.3, -0.25) is 4.55 Å². The molecule has 0 radical (unpaired) electrons. The Kier molecular flexibility index (Phi) is 5.73. The number of aromatic nitrogens is 1. The first-order valence-electron chi connectivity index (χ1n) is 8.98. The first-order chi connectivity index (χ1) is 14.5. The van der Waals surface area contributed by atoms with E-state index in [0.29, 0.717) is 6.79 Å². The van der Waals surface area contributed by atoms with Crippen LogP contribution < -0.4 is 28.8 Å². The molecule has 2 aliphatic rings. The molecule has 3 heterocycles. The van der Waals surface area contributed by atoms with Crippen LogP contribution >= 0.6 is 0 Å². The molecule has 3 aromatic rings. The highest BCUT2D eigenvalue weighted by molar-refractivity contribution is 7.74. The Labute approximate surface area is 174 Å². The number of rotatable bonds is 3. The van der Waals surface area contributed by atoms with Gasteiger partial charge in [0.1, 0.15) is 0 Å². The van der Waals surface area contributed by atoms with E-state index >= 15 is 0 Å². The molecule has 0 aliphatic carbocycles. The molecule has 0 bridgehead atoms. The molecule has 0 fully saturated rings. The topological polar surface area (TPSA) is 110 Å². The van der Waals surface area contributed by atoms with E-state index in [1.165, 1.54) is 16.8 Å². The van der Waals surface area contributed by atoms with Crippen molar-refractivity contribution in [2.75, 3.05) is 21.0 Å². The lowest BCUT2D eigenvalue weighted by molar-refractivity contribution is -0.686. The van der Waals surface area contributed by atoms with Crippen molar-refractivity contribution in [3.05, 3.63) is 42.1 Å². The van der Waals surface area contributed by atoms with Gasteiger partial charge in [0.05, 0.1) is 25.2 Å². The average molecular weight is 433 g/mol. The predicted octanol–water partition coefficient (Wildman–Crippen LogP) is 1.51. The number of nitrogens with zero attached hydrogens (tertiary/aromatic N) is 1. The van der Waals surface area contributed by atoms with Crippen molar-refractivity contribution in [1.82, 2.24) is 0 Å². The van der Waals surface area contributed by atoms with Gasteiger partial charge in [-0.1, -0.05) is 0 Å². The summed E-state index contributed by atoms with van der Waals surface area (Å²) < 4.78 is 43.2. The molecule has 5 rings (SSSR count). The highest BCUT2D eigenvalue weighted by atomic mass is 32.2. The Balaban J connectivity index is 0.000000393. The van der Waals surface area contributed by atoms with Gasteiger partial charge >= 0.3 is 0 Å². The van der Waals surface area contributed by atoms with E-state index < -0.39 is 11.4 Å². The summed E-state index contributed by atoms with van der Waals surface area (Å²) in [6.07, 6.45) is 3.11. The summed E-state index contributed by atoms with van der Waals surface area (Å²) in [6.45, 7) is 1.21. The third-order valence-electron chi connectivity index (χ3n) is 5.06. The van der Waals surface area contributed by atoms with Gasteiger partial charge in [0.25, 0.3) is 11.4 Å². The minimum Gasteiger partial charge on any atom is -0.707 e. The Morgan fingerprint density at radius 2 is 1.87 bits per heavy atom. The molecular weight excluding hydrogens is 414 g/mol. The molecule has 0 spiro atoms. The van der Waals surface area contributed by atoms with Gasteiger partial charge in [0.2, 0.25) is 12.5 Å². The number of aryl methyl sites for hydroxylation is 2. The molecule has 158 valence electrons. The number of pyridine rings is 1. The van der Waals surface area contributed by atoms with E-state index in [1.54, 1.807) is 14.2 Å². The molecule has 2 aliphatic heterocycles. The summed E-state index contributed by atoms with van der Waals surface area (Å²) >= 11 is -2.63. The second-order valence-corrected chi connectivity index (χ2v) is 7.12. The van der Waals surface area contributed by atoms with E-state index in [1.807, 2.05) is 6.07 Å². The van der Waals surface area contributed by atoms with Crippen LogP contribution in [-0.2, 0) is 28.7 Å². The molecule has 1 aromatic heterocycles. The Morgan fingerprint density at radius 1 is 1.13 bits per heavy atom. The van der Waals surface area contributed by atoms with Crippen LogP contribution in [0.4, 0.5) is 0 Å². The van der Waals surface area contributed by atoms with Crippen molar-refractivity contribution in [1.29, 1.82) is 0 Å². The van der Waals surface area contributed by atoms with E-state index in [4.69, 9.17) is 33.0 Å². The normalized spacial score (nSPS) is 14.3. The van der Waals surface area contributed by atoms with E-state index in [-0.39, 0.29) is 0 Å². The lowest BCUT2D eigenvalue weighted by Crippen LogP contribution is -2.40. The molecule has 0 amide bonds. The van der Waals surface area contributed by atoms with Crippen LogP contribution in [0.3, 0.4) is 0 Å². The highest BCUT2D eigenvalue weighted by Crippen LogP contribution is 2.41. The second kappa shape index (κ2) is 8.44. The maximum absolute atomic E-state index is 8.94. The van der Waals surface area contributed by atoms with Crippen LogP contribution in [0.2, 0.25) is 0 Å². The summed E-state index contributed by atoms with van der Waals surface area (Å²) in [5.74, 6) is 3.18. The summed E-state index contributed by atoms with van der Waals surface area (Å²) in [6, 6.07) is 10.4. The van der Waals surface area contributed by atoms with Gasteiger partial charge in [0.15, 0.2) is 35.7 Å². The van der Waals surface area contributed by atoms with Crippen molar-refractivity contribution >= 4 is 22.1 Å². The maximum atomic E-state index is 8.94. The quantitative estimate of drug-likeness (QED) is 0.286. The van der Waals surface area contributed by atoms with Gasteiger partial charge in [-0.15, -0.1) is 0 Å². The zero-order valence-corrected chi connectivity index (χ0v) is 17.1. The third-order valence-corrected chi connectivity index (χ3v) is 5.18. The fourth-order valence-corrected chi connectivity index (χ4v) is 3.77. The minimum atomic E-state index is -2.63. The lowest BCUT2D eigenvalue weighted by atomic mass is 9.95. The number of hydrogen-bond acceptors (Lipinski definition) is 7. The van der Waals surface area contributed by atoms with Crippen LogP contribution in [0.5, 0.6) is 23.0 Å². The van der Waals surface area contributed by atoms with Crippen LogP contribution in [0, 0.1) is 0 Å². The zero-order valence-electron chi connectivity index (χ0n) is 16.2. The smallest absolute Gasteiger partial charge is 0.292 e. The third kappa shape index (κ3) is 3.65. The molecule has 1 unspecified atom stereocenters. The molecule has 0 saturated heterocycles. The first-order valence-corrected chi connectivity index (χ1v) is 10.0. The van der Waals surface area contributed by atoms with E-state index in [2.05, 4.69) is 39.4 Å². The molecule has 2 aromatic carbocycles. The van der Waals surface area contributed by atoms with Crippen molar-refractivity contribution in [3.63, 3.8) is 0 Å². The maximum Gasteiger partial charge on any atom is 0.292 e. The van der Waals surface area contributed by atoms with Gasteiger partial charge in [0, 0.05) is 12.5 Å². The fourth-order valence-electron chi connectivity index (χ4n) is 3.77. The summed E-state index contributed by atoms with van der Waals surface area (Å²) in [5.41, 5.74) is 3.68. The first kappa shape index (κ1) is 20.4. The molecule has 1 N–H and O–H groups in total. The monoisotopic (exact) mass is 433 g/mol. The predicted molar refractivity (Wildman–Crippen MR) is 104 cm³/mol. The minimum absolute atomic E-state index is 0.299. The van der Waals surface area contributed by atoms with Gasteiger partial charge in [-0.25, -0.2) is 0 Å². The Hall–Kier alpha value is -2.92. The Morgan fingerprint density at radius 3 is 2.53 bits per heavy atom. The molecule has 0 saturated carbocycles. The van der Waals surface area contributed by atoms with Gasteiger partial charge in [-0.05, 0) is 35.2 Å². The van der Waals surface area contributed by atoms with Gasteiger partial charge in [-0.2, -0.15) is 8.78 Å². The molecule has 1 atom stereocenters. The molecule has 30 heavy (non-hydrogen) atoms. The number of fused-ring (bicyclic) bond motifs is 5. The summed E-state index contributed by atoms with van der Waals surface area (Å²) in [4.78, 5) is 0. The van der Waals surface area contributed by atoms with Crippen LogP contribution in [-0.4, -0.2) is 29.8 Å². The van der Waals surface area contributed by atoms with Crippen molar-refractivity contribution in [2.45, 2.75) is 13.0 Å². The summed E-state index contributed by atoms with van der Waals surface area (Å²) in [7, 11) is 3.34. The second-order valence-electron chi connectivity index (χ2n) is 6.55. The SMILES string of the molecule is COc1ccc2cc3[n+](cc2c1OC)CCc1cc2c(cc1-3)OCO2.O=S(O)O[O-]. The standard InChI is InChI=1S/C20H18NO4.H2O4S/c1-22-17-4-3-12-7-16-14-9-19-18(24-11-25-19)8-13(14)5-6-21(16)10-15(12)20(17)23-2;1-4-5(2)3/h3-4,7-10H,5-6,11H2,1-2H3;1H,(H,2,3)/q+1;/p-1. The van der Waals surface area contributed by atoms with Crippen molar-refractivity contribution < 1.29 is 41.9 Å². The summed E-state index contributed by atoms with van der Waals surface area (Å²) in [5, 5.41) is 10.8. The molecular formula is C20H19NO8S. The Bertz CT molecular complexity index is 1130.